The highest BCUT2D eigenvalue weighted by Crippen LogP contribution is 2.03. The second-order valence-electron chi connectivity index (χ2n) is 2.17. The molecule has 0 aromatic carbocycles. The zero-order valence-corrected chi connectivity index (χ0v) is 7.17. The maximum atomic E-state index is 3.78. The van der Waals surface area contributed by atoms with Crippen molar-refractivity contribution in [3.63, 3.8) is 0 Å². The van der Waals surface area contributed by atoms with Crippen LogP contribution in [0.1, 0.15) is 26.2 Å². The van der Waals surface area contributed by atoms with Crippen LogP contribution < -0.4 is 5.73 Å². The zero-order chi connectivity index (χ0) is 6.95. The molecule has 0 spiro atoms. The van der Waals surface area contributed by atoms with Gasteiger partial charge in [0.05, 0.1) is 6.54 Å². The quantitative estimate of drug-likeness (QED) is 0.562. The van der Waals surface area contributed by atoms with Crippen molar-refractivity contribution in [3.05, 3.63) is 0 Å². The molecule has 0 rings (SSSR count). The van der Waals surface area contributed by atoms with Gasteiger partial charge in [0.25, 0.3) is 0 Å². The lowest BCUT2D eigenvalue weighted by Crippen LogP contribution is -2.51. The van der Waals surface area contributed by atoms with E-state index in [0.29, 0.717) is 0 Å². The van der Waals surface area contributed by atoms with Gasteiger partial charge < -0.3 is 5.73 Å². The molecule has 0 fully saturated rings. The molecule has 0 atom stereocenters. The van der Waals surface area contributed by atoms with Crippen LogP contribution in [0.25, 0.3) is 0 Å². The maximum absolute atomic E-state index is 3.78. The average molecular weight is 148 g/mol. The van der Waals surface area contributed by atoms with Crippen molar-refractivity contribution in [1.82, 2.24) is 0 Å². The third-order valence-electron chi connectivity index (χ3n) is 1.18. The van der Waals surface area contributed by atoms with Gasteiger partial charge in [0.15, 0.2) is 0 Å². The minimum absolute atomic E-state index is 1.08. The van der Waals surface area contributed by atoms with Crippen LogP contribution in [0.3, 0.4) is 0 Å². The van der Waals surface area contributed by atoms with Gasteiger partial charge in [-0.2, -0.15) is 11.8 Å². The summed E-state index contributed by atoms with van der Waals surface area (Å²) in [5.41, 5.74) is 3.78. The molecule has 56 valence electrons. The predicted molar refractivity (Wildman–Crippen MR) is 44.6 cm³/mol. The number of quaternary nitrogens is 1. The predicted octanol–water partition coefficient (Wildman–Crippen LogP) is 1.15. The Morgan fingerprint density at radius 3 is 2.56 bits per heavy atom. The lowest BCUT2D eigenvalue weighted by molar-refractivity contribution is -0.360. The summed E-state index contributed by atoms with van der Waals surface area (Å²) >= 11 is 2.03. The molecule has 0 saturated heterocycles. The number of hydrogen-bond acceptors (Lipinski definition) is 1. The Bertz CT molecular complexity index is 42.2. The fourth-order valence-corrected chi connectivity index (χ4v) is 1.47. The first-order valence-corrected chi connectivity index (χ1v) is 4.94. The Morgan fingerprint density at radius 1 is 1.22 bits per heavy atom. The van der Waals surface area contributed by atoms with Gasteiger partial charge in [-0.3, -0.25) is 0 Å². The van der Waals surface area contributed by atoms with Crippen LogP contribution in [0.4, 0.5) is 0 Å². The molecule has 0 aromatic rings. The summed E-state index contributed by atoms with van der Waals surface area (Å²) in [6.45, 7) is 3.32. The molecule has 0 radical (unpaired) electrons. The van der Waals surface area contributed by atoms with E-state index in [1.54, 1.807) is 0 Å². The second kappa shape index (κ2) is 8.31. The number of thioether (sulfide) groups is 1. The summed E-state index contributed by atoms with van der Waals surface area (Å²) in [7, 11) is 0. The van der Waals surface area contributed by atoms with Crippen LogP contribution in [0.2, 0.25) is 0 Å². The Balaban J connectivity index is 2.60. The molecule has 0 aliphatic carbocycles. The van der Waals surface area contributed by atoms with E-state index < -0.39 is 0 Å². The van der Waals surface area contributed by atoms with E-state index in [4.69, 9.17) is 0 Å². The first kappa shape index (κ1) is 9.31. The van der Waals surface area contributed by atoms with Gasteiger partial charge >= 0.3 is 0 Å². The molecule has 0 amide bonds. The van der Waals surface area contributed by atoms with Crippen molar-refractivity contribution < 1.29 is 5.73 Å². The molecule has 0 bridgehead atoms. The highest BCUT2D eigenvalue weighted by molar-refractivity contribution is 7.99. The van der Waals surface area contributed by atoms with E-state index >= 15 is 0 Å². The molecular formula is C7H18NS+. The van der Waals surface area contributed by atoms with Crippen molar-refractivity contribution in [1.29, 1.82) is 0 Å². The minimum Gasteiger partial charge on any atom is -0.357 e. The zero-order valence-electron chi connectivity index (χ0n) is 6.36. The fraction of sp³-hybridized carbons (Fsp3) is 1.00. The van der Waals surface area contributed by atoms with Crippen molar-refractivity contribution in [2.75, 3.05) is 18.1 Å². The molecule has 1 nitrogen and oxygen atoms in total. The number of rotatable bonds is 6. The lowest BCUT2D eigenvalue weighted by Gasteiger charge is -1.95. The average Bonchev–Trinajstić information content (AvgIpc) is 1.89. The molecule has 2 heteroatoms. The topological polar surface area (TPSA) is 27.6 Å². The molecule has 0 aliphatic rings. The smallest absolute Gasteiger partial charge is 0.0831 e. The summed E-state index contributed by atoms with van der Waals surface area (Å²) < 4.78 is 0. The first-order chi connectivity index (χ1) is 4.41. The van der Waals surface area contributed by atoms with Gasteiger partial charge in [0, 0.05) is 5.75 Å². The highest BCUT2D eigenvalue weighted by Gasteiger charge is 1.86. The third kappa shape index (κ3) is 8.31. The normalized spacial score (nSPS) is 10.0. The highest BCUT2D eigenvalue weighted by atomic mass is 32.2. The van der Waals surface area contributed by atoms with E-state index in [2.05, 4.69) is 12.7 Å². The van der Waals surface area contributed by atoms with Gasteiger partial charge in [0.2, 0.25) is 0 Å². The van der Waals surface area contributed by atoms with Crippen molar-refractivity contribution in [3.8, 4) is 0 Å². The largest absolute Gasteiger partial charge is 0.357 e. The van der Waals surface area contributed by atoms with Gasteiger partial charge in [0.1, 0.15) is 0 Å². The van der Waals surface area contributed by atoms with Crippen molar-refractivity contribution in [2.45, 2.75) is 26.2 Å². The van der Waals surface area contributed by atoms with E-state index in [1.807, 2.05) is 11.8 Å². The SMILES string of the molecule is CCCCCSCC[NH3+]. The molecule has 0 heterocycles. The molecule has 9 heavy (non-hydrogen) atoms. The summed E-state index contributed by atoms with van der Waals surface area (Å²) in [6, 6.07) is 0. The lowest BCUT2D eigenvalue weighted by atomic mass is 10.3. The third-order valence-corrected chi connectivity index (χ3v) is 2.34. The van der Waals surface area contributed by atoms with E-state index in [-0.39, 0.29) is 0 Å². The number of hydrogen-bond donors (Lipinski definition) is 1. The van der Waals surface area contributed by atoms with Gasteiger partial charge in [-0.05, 0) is 12.2 Å². The van der Waals surface area contributed by atoms with E-state index in [9.17, 15) is 0 Å². The standard InChI is InChI=1S/C7H17NS/c1-2-3-4-6-9-7-5-8/h2-8H2,1H3/p+1. The van der Waals surface area contributed by atoms with E-state index in [0.717, 1.165) is 6.54 Å². The van der Waals surface area contributed by atoms with Crippen LogP contribution >= 0.6 is 11.8 Å². The maximum Gasteiger partial charge on any atom is 0.0831 e. The van der Waals surface area contributed by atoms with Gasteiger partial charge in [-0.1, -0.05) is 19.8 Å². The van der Waals surface area contributed by atoms with Crippen LogP contribution in [0.5, 0.6) is 0 Å². The number of unbranched alkanes of at least 4 members (excludes halogenated alkanes) is 2. The van der Waals surface area contributed by atoms with Crippen LogP contribution in [-0.4, -0.2) is 18.1 Å². The Kier molecular flexibility index (Phi) is 8.60. The van der Waals surface area contributed by atoms with Crippen molar-refractivity contribution in [2.24, 2.45) is 0 Å². The van der Waals surface area contributed by atoms with Gasteiger partial charge in [-0.25, -0.2) is 0 Å². The summed E-state index contributed by atoms with van der Waals surface area (Å²) in [5, 5.41) is 0. The minimum atomic E-state index is 1.08. The van der Waals surface area contributed by atoms with Gasteiger partial charge in [-0.15, -0.1) is 0 Å². The molecule has 3 N–H and O–H groups in total. The summed E-state index contributed by atoms with van der Waals surface area (Å²) in [5.74, 6) is 2.58. The summed E-state index contributed by atoms with van der Waals surface area (Å²) in [4.78, 5) is 0. The Labute approximate surface area is 62.4 Å². The van der Waals surface area contributed by atoms with E-state index in [1.165, 1.54) is 30.8 Å². The molecule has 0 unspecified atom stereocenters. The Morgan fingerprint density at radius 2 is 2.00 bits per heavy atom. The van der Waals surface area contributed by atoms with Crippen molar-refractivity contribution >= 4 is 11.8 Å². The monoisotopic (exact) mass is 148 g/mol. The summed E-state index contributed by atoms with van der Waals surface area (Å²) in [6.07, 6.45) is 4.12. The fourth-order valence-electron chi connectivity index (χ4n) is 0.658. The first-order valence-electron chi connectivity index (χ1n) is 3.78. The van der Waals surface area contributed by atoms with Crippen LogP contribution in [0.15, 0.2) is 0 Å². The molecule has 0 saturated carbocycles. The van der Waals surface area contributed by atoms with Crippen LogP contribution in [0, 0.1) is 0 Å². The molecular weight excluding hydrogens is 130 g/mol. The molecule has 0 aliphatic heterocycles. The molecule has 0 aromatic heterocycles. The van der Waals surface area contributed by atoms with Crippen LogP contribution in [-0.2, 0) is 0 Å². The Hall–Kier alpha value is 0.310. The second-order valence-corrected chi connectivity index (χ2v) is 3.40.